The molecule has 2 atom stereocenters. The molecule has 0 heterocycles. The van der Waals surface area contributed by atoms with E-state index in [1.807, 2.05) is 24.3 Å². The van der Waals surface area contributed by atoms with Crippen molar-refractivity contribution in [3.8, 4) is 0 Å². The zero-order chi connectivity index (χ0) is 13.0. The highest BCUT2D eigenvalue weighted by Gasteiger charge is 2.30. The molecule has 98 valence electrons. The van der Waals surface area contributed by atoms with Gasteiger partial charge in [0.05, 0.1) is 5.92 Å². The smallest absolute Gasteiger partial charge is 0.308 e. The van der Waals surface area contributed by atoms with Crippen molar-refractivity contribution in [1.29, 1.82) is 0 Å². The molecule has 1 fully saturated rings. The van der Waals surface area contributed by atoms with E-state index in [4.69, 9.17) is 11.6 Å². The third-order valence-electron chi connectivity index (χ3n) is 3.56. The summed E-state index contributed by atoms with van der Waals surface area (Å²) in [5, 5.41) is 13.3. The first kappa shape index (κ1) is 13.4. The van der Waals surface area contributed by atoms with Gasteiger partial charge in [-0.25, -0.2) is 0 Å². The Balaban J connectivity index is 1.91. The molecule has 1 aromatic rings. The summed E-state index contributed by atoms with van der Waals surface area (Å²) in [6.45, 7) is 0.700. The van der Waals surface area contributed by atoms with E-state index in [2.05, 4.69) is 5.32 Å². The zero-order valence-corrected chi connectivity index (χ0v) is 11.0. The molecule has 0 radical (unpaired) electrons. The van der Waals surface area contributed by atoms with Crippen molar-refractivity contribution >= 4 is 17.6 Å². The minimum Gasteiger partial charge on any atom is -0.481 e. The molecule has 0 amide bonds. The Kier molecular flexibility index (Phi) is 4.61. The minimum absolute atomic E-state index is 0.0897. The predicted molar refractivity (Wildman–Crippen MR) is 71.7 cm³/mol. The Morgan fingerprint density at radius 3 is 2.61 bits per heavy atom. The van der Waals surface area contributed by atoms with Gasteiger partial charge in [0, 0.05) is 17.6 Å². The maximum absolute atomic E-state index is 11.2. The van der Waals surface area contributed by atoms with E-state index in [0.29, 0.717) is 6.54 Å². The number of aliphatic carboxylic acids is 1. The van der Waals surface area contributed by atoms with Crippen molar-refractivity contribution in [2.45, 2.75) is 38.3 Å². The van der Waals surface area contributed by atoms with Crippen LogP contribution in [0, 0.1) is 5.92 Å². The molecule has 0 bridgehead atoms. The Bertz CT molecular complexity index is 405. The molecule has 0 saturated heterocycles. The molecule has 0 aliphatic heterocycles. The quantitative estimate of drug-likeness (QED) is 0.881. The first-order chi connectivity index (χ1) is 8.66. The van der Waals surface area contributed by atoms with Crippen LogP contribution in [-0.4, -0.2) is 17.1 Å². The Morgan fingerprint density at radius 1 is 1.28 bits per heavy atom. The molecule has 2 N–H and O–H groups in total. The fourth-order valence-corrected chi connectivity index (χ4v) is 2.65. The number of benzene rings is 1. The standard InChI is InChI=1S/C14H18ClNO2/c15-11-7-5-10(6-8-11)9-16-13-4-2-1-3-12(13)14(17)18/h5-8,12-13,16H,1-4,9H2,(H,17,18)/t12-,13-/m1/s1. The predicted octanol–water partition coefficient (Wildman–Crippen LogP) is 3.07. The third kappa shape index (κ3) is 3.47. The number of nitrogens with one attached hydrogen (secondary N) is 1. The van der Waals surface area contributed by atoms with Crippen molar-refractivity contribution in [2.75, 3.05) is 0 Å². The summed E-state index contributed by atoms with van der Waals surface area (Å²) in [6.07, 6.45) is 3.87. The Morgan fingerprint density at radius 2 is 1.94 bits per heavy atom. The fourth-order valence-electron chi connectivity index (χ4n) is 2.52. The number of carboxylic acid groups (broad SMARTS) is 1. The lowest BCUT2D eigenvalue weighted by Crippen LogP contribution is -2.41. The Labute approximate surface area is 112 Å². The SMILES string of the molecule is O=C(O)[C@@H]1CCCC[C@H]1NCc1ccc(Cl)cc1. The molecular formula is C14H18ClNO2. The van der Waals surface area contributed by atoms with Gasteiger partial charge < -0.3 is 10.4 Å². The topological polar surface area (TPSA) is 49.3 Å². The average molecular weight is 268 g/mol. The molecule has 4 heteroatoms. The van der Waals surface area contributed by atoms with Crippen molar-refractivity contribution in [1.82, 2.24) is 5.32 Å². The number of hydrogen-bond donors (Lipinski definition) is 2. The summed E-state index contributed by atoms with van der Waals surface area (Å²) < 4.78 is 0. The molecule has 2 rings (SSSR count). The van der Waals surface area contributed by atoms with Crippen LogP contribution in [0.15, 0.2) is 24.3 Å². The van der Waals surface area contributed by atoms with E-state index in [0.717, 1.165) is 36.3 Å². The molecule has 0 aromatic heterocycles. The second-order valence-electron chi connectivity index (χ2n) is 4.84. The molecule has 1 aliphatic carbocycles. The van der Waals surface area contributed by atoms with Gasteiger partial charge in [-0.15, -0.1) is 0 Å². The van der Waals surface area contributed by atoms with Gasteiger partial charge in [0.2, 0.25) is 0 Å². The average Bonchev–Trinajstić information content (AvgIpc) is 2.38. The highest BCUT2D eigenvalue weighted by atomic mass is 35.5. The van der Waals surface area contributed by atoms with Crippen LogP contribution in [0.25, 0.3) is 0 Å². The van der Waals surface area contributed by atoms with Crippen LogP contribution in [0.3, 0.4) is 0 Å². The van der Waals surface area contributed by atoms with E-state index >= 15 is 0 Å². The summed E-state index contributed by atoms with van der Waals surface area (Å²) in [5.74, 6) is -0.922. The van der Waals surface area contributed by atoms with Gasteiger partial charge >= 0.3 is 5.97 Å². The van der Waals surface area contributed by atoms with Gasteiger partial charge in [-0.1, -0.05) is 36.6 Å². The number of rotatable bonds is 4. The zero-order valence-electron chi connectivity index (χ0n) is 10.2. The van der Waals surface area contributed by atoms with Crippen LogP contribution >= 0.6 is 11.6 Å². The number of carboxylic acids is 1. The second-order valence-corrected chi connectivity index (χ2v) is 5.28. The van der Waals surface area contributed by atoms with Crippen molar-refractivity contribution in [2.24, 2.45) is 5.92 Å². The lowest BCUT2D eigenvalue weighted by atomic mass is 9.84. The van der Waals surface area contributed by atoms with E-state index in [1.165, 1.54) is 0 Å². The van der Waals surface area contributed by atoms with Crippen LogP contribution in [-0.2, 0) is 11.3 Å². The highest BCUT2D eigenvalue weighted by molar-refractivity contribution is 6.30. The van der Waals surface area contributed by atoms with Gasteiger partial charge in [0.15, 0.2) is 0 Å². The molecule has 0 unspecified atom stereocenters. The first-order valence-corrected chi connectivity index (χ1v) is 6.75. The molecule has 1 saturated carbocycles. The molecule has 18 heavy (non-hydrogen) atoms. The van der Waals surface area contributed by atoms with E-state index in [-0.39, 0.29) is 12.0 Å². The molecule has 1 aromatic carbocycles. The van der Waals surface area contributed by atoms with Crippen molar-refractivity contribution in [3.63, 3.8) is 0 Å². The third-order valence-corrected chi connectivity index (χ3v) is 3.82. The largest absolute Gasteiger partial charge is 0.481 e. The van der Waals surface area contributed by atoms with Crippen LogP contribution in [0.1, 0.15) is 31.2 Å². The maximum atomic E-state index is 11.2. The monoisotopic (exact) mass is 267 g/mol. The number of halogens is 1. The van der Waals surface area contributed by atoms with Gasteiger partial charge in [-0.05, 0) is 30.5 Å². The normalized spacial score (nSPS) is 23.8. The number of hydrogen-bond acceptors (Lipinski definition) is 2. The van der Waals surface area contributed by atoms with E-state index in [9.17, 15) is 9.90 Å². The minimum atomic E-state index is -0.677. The summed E-state index contributed by atoms with van der Waals surface area (Å²) in [7, 11) is 0. The summed E-state index contributed by atoms with van der Waals surface area (Å²) in [4.78, 5) is 11.2. The summed E-state index contributed by atoms with van der Waals surface area (Å²) in [5.41, 5.74) is 1.13. The summed E-state index contributed by atoms with van der Waals surface area (Å²) in [6, 6.07) is 7.73. The van der Waals surface area contributed by atoms with Crippen LogP contribution in [0.4, 0.5) is 0 Å². The Hall–Kier alpha value is -1.06. The van der Waals surface area contributed by atoms with Gasteiger partial charge in [0.1, 0.15) is 0 Å². The molecular weight excluding hydrogens is 250 g/mol. The van der Waals surface area contributed by atoms with Crippen molar-refractivity contribution in [3.05, 3.63) is 34.9 Å². The lowest BCUT2D eigenvalue weighted by Gasteiger charge is -2.29. The van der Waals surface area contributed by atoms with Crippen LogP contribution in [0.2, 0.25) is 5.02 Å². The van der Waals surface area contributed by atoms with Crippen LogP contribution in [0.5, 0.6) is 0 Å². The van der Waals surface area contributed by atoms with Crippen molar-refractivity contribution < 1.29 is 9.90 Å². The highest BCUT2D eigenvalue weighted by Crippen LogP contribution is 2.25. The number of carbonyl (C=O) groups is 1. The van der Waals surface area contributed by atoms with Gasteiger partial charge in [-0.2, -0.15) is 0 Å². The molecule has 3 nitrogen and oxygen atoms in total. The van der Waals surface area contributed by atoms with Crippen LogP contribution < -0.4 is 5.32 Å². The molecule has 0 spiro atoms. The van der Waals surface area contributed by atoms with E-state index in [1.54, 1.807) is 0 Å². The molecule has 1 aliphatic rings. The second kappa shape index (κ2) is 6.21. The first-order valence-electron chi connectivity index (χ1n) is 6.37. The fraction of sp³-hybridized carbons (Fsp3) is 0.500. The summed E-state index contributed by atoms with van der Waals surface area (Å²) >= 11 is 5.83. The van der Waals surface area contributed by atoms with Gasteiger partial charge in [0.25, 0.3) is 0 Å². The maximum Gasteiger partial charge on any atom is 0.308 e. The van der Waals surface area contributed by atoms with Gasteiger partial charge in [-0.3, -0.25) is 4.79 Å². The lowest BCUT2D eigenvalue weighted by molar-refractivity contribution is -0.143. The van der Waals surface area contributed by atoms with E-state index < -0.39 is 5.97 Å².